The molecule has 0 heterocycles. The van der Waals surface area contributed by atoms with Crippen molar-refractivity contribution in [2.45, 2.75) is 44.9 Å². The molecule has 0 spiro atoms. The van der Waals surface area contributed by atoms with Crippen molar-refractivity contribution >= 4 is 10.8 Å². The lowest BCUT2D eigenvalue weighted by molar-refractivity contribution is 0.319. The molecular formula is C25H27FO. The Morgan fingerprint density at radius 3 is 2.33 bits per heavy atom. The fourth-order valence-electron chi connectivity index (χ4n) is 4.46. The molecule has 27 heavy (non-hydrogen) atoms. The Hall–Kier alpha value is -2.35. The van der Waals surface area contributed by atoms with E-state index in [0.717, 1.165) is 22.6 Å². The van der Waals surface area contributed by atoms with Gasteiger partial charge in [0.05, 0.1) is 7.11 Å². The van der Waals surface area contributed by atoms with Gasteiger partial charge in [0.2, 0.25) is 0 Å². The zero-order chi connectivity index (χ0) is 18.8. The van der Waals surface area contributed by atoms with Crippen molar-refractivity contribution < 1.29 is 9.13 Å². The van der Waals surface area contributed by atoms with Crippen LogP contribution in [0.15, 0.2) is 54.6 Å². The maximum atomic E-state index is 15.2. The zero-order valence-corrected chi connectivity index (χ0v) is 16.2. The molecular weight excluding hydrogens is 335 g/mol. The molecule has 0 amide bonds. The topological polar surface area (TPSA) is 9.23 Å². The average molecular weight is 362 g/mol. The van der Waals surface area contributed by atoms with Gasteiger partial charge in [0, 0.05) is 10.9 Å². The van der Waals surface area contributed by atoms with Crippen molar-refractivity contribution in [1.82, 2.24) is 0 Å². The van der Waals surface area contributed by atoms with Crippen LogP contribution in [0.5, 0.6) is 5.75 Å². The lowest BCUT2D eigenvalue weighted by Crippen LogP contribution is -2.12. The van der Waals surface area contributed by atoms with E-state index in [9.17, 15) is 0 Å². The molecule has 0 N–H and O–H groups in total. The van der Waals surface area contributed by atoms with E-state index in [4.69, 9.17) is 4.74 Å². The van der Waals surface area contributed by atoms with Crippen LogP contribution in [0.3, 0.4) is 0 Å². The van der Waals surface area contributed by atoms with Crippen molar-refractivity contribution in [1.29, 1.82) is 0 Å². The quantitative estimate of drug-likeness (QED) is 0.472. The molecule has 0 atom stereocenters. The van der Waals surface area contributed by atoms with Gasteiger partial charge in [-0.1, -0.05) is 55.8 Å². The van der Waals surface area contributed by atoms with Gasteiger partial charge in [-0.3, -0.25) is 0 Å². The number of ether oxygens (including phenoxy) is 1. The Morgan fingerprint density at radius 1 is 0.926 bits per heavy atom. The number of hydrogen-bond donors (Lipinski definition) is 0. The molecule has 1 nitrogen and oxygen atoms in total. The highest BCUT2D eigenvalue weighted by Crippen LogP contribution is 2.38. The molecule has 0 saturated heterocycles. The summed E-state index contributed by atoms with van der Waals surface area (Å²) < 4.78 is 20.4. The van der Waals surface area contributed by atoms with Crippen LogP contribution in [-0.4, -0.2) is 7.11 Å². The summed E-state index contributed by atoms with van der Waals surface area (Å²) in [6.07, 6.45) is 6.46. The first kappa shape index (κ1) is 18.0. The van der Waals surface area contributed by atoms with Crippen molar-refractivity contribution in [3.8, 4) is 16.9 Å². The first-order valence-corrected chi connectivity index (χ1v) is 10.1. The Balaban J connectivity index is 1.64. The van der Waals surface area contributed by atoms with Gasteiger partial charge in [0.15, 0.2) is 0 Å². The van der Waals surface area contributed by atoms with E-state index >= 15 is 4.39 Å². The summed E-state index contributed by atoms with van der Waals surface area (Å²) in [5.74, 6) is 2.16. The van der Waals surface area contributed by atoms with Crippen LogP contribution in [0.25, 0.3) is 21.9 Å². The van der Waals surface area contributed by atoms with Gasteiger partial charge in [0.25, 0.3) is 0 Å². The van der Waals surface area contributed by atoms with Gasteiger partial charge >= 0.3 is 0 Å². The van der Waals surface area contributed by atoms with Gasteiger partial charge in [-0.05, 0) is 66.2 Å². The molecule has 2 heteroatoms. The van der Waals surface area contributed by atoms with Crippen molar-refractivity contribution in [3.63, 3.8) is 0 Å². The molecule has 3 aromatic carbocycles. The molecule has 1 saturated carbocycles. The average Bonchev–Trinajstić information content (AvgIpc) is 2.74. The van der Waals surface area contributed by atoms with E-state index < -0.39 is 0 Å². The minimum atomic E-state index is -0.140. The molecule has 1 aliphatic rings. The Bertz CT molecular complexity index is 921. The third kappa shape index (κ3) is 3.58. The second-order valence-electron chi connectivity index (χ2n) is 7.76. The Morgan fingerprint density at radius 2 is 1.67 bits per heavy atom. The number of halogens is 1. The summed E-state index contributed by atoms with van der Waals surface area (Å²) in [4.78, 5) is 0. The summed E-state index contributed by atoms with van der Waals surface area (Å²) in [5, 5.41) is 1.70. The predicted molar refractivity (Wildman–Crippen MR) is 111 cm³/mol. The van der Waals surface area contributed by atoms with E-state index in [1.165, 1.54) is 37.7 Å². The molecule has 3 aromatic rings. The van der Waals surface area contributed by atoms with Gasteiger partial charge in [-0.2, -0.15) is 0 Å². The second-order valence-corrected chi connectivity index (χ2v) is 7.76. The Kier molecular flexibility index (Phi) is 5.15. The predicted octanol–water partition coefficient (Wildman–Crippen LogP) is 7.34. The molecule has 0 aromatic heterocycles. The van der Waals surface area contributed by atoms with Crippen molar-refractivity contribution in [2.75, 3.05) is 7.11 Å². The summed E-state index contributed by atoms with van der Waals surface area (Å²) in [5.41, 5.74) is 2.88. The van der Waals surface area contributed by atoms with E-state index in [0.29, 0.717) is 16.9 Å². The largest absolute Gasteiger partial charge is 0.497 e. The molecule has 0 bridgehead atoms. The Labute approximate surface area is 161 Å². The van der Waals surface area contributed by atoms with Crippen LogP contribution in [0.2, 0.25) is 0 Å². The fraction of sp³-hybridized carbons (Fsp3) is 0.360. The highest BCUT2D eigenvalue weighted by Gasteiger charge is 2.21. The van der Waals surface area contributed by atoms with E-state index in [1.54, 1.807) is 7.11 Å². The maximum absolute atomic E-state index is 15.2. The third-order valence-electron chi connectivity index (χ3n) is 6.27. The number of benzene rings is 3. The van der Waals surface area contributed by atoms with Crippen molar-refractivity contribution in [2.24, 2.45) is 5.92 Å². The molecule has 140 valence electrons. The maximum Gasteiger partial charge on any atom is 0.138 e. The molecule has 0 aliphatic heterocycles. The monoisotopic (exact) mass is 362 g/mol. The van der Waals surface area contributed by atoms with Crippen LogP contribution in [0.1, 0.15) is 50.5 Å². The van der Waals surface area contributed by atoms with Gasteiger partial charge in [-0.15, -0.1) is 0 Å². The van der Waals surface area contributed by atoms with Crippen LogP contribution in [0.4, 0.5) is 4.39 Å². The molecule has 0 unspecified atom stereocenters. The number of fused-ring (bicyclic) bond motifs is 1. The standard InChI is InChI=1S/C25H27FO/c1-3-17-4-6-18(7-5-17)20-10-14-24-21(16-20)11-15-23(25(24)26)19-8-12-22(27-2)13-9-19/h8-18H,3-7H2,1-2H3/t17-,18-. The lowest BCUT2D eigenvalue weighted by atomic mass is 9.77. The highest BCUT2D eigenvalue weighted by atomic mass is 19.1. The SMILES string of the molecule is CC[C@H]1CC[C@H](c2ccc3c(F)c(-c4ccc(OC)cc4)ccc3c2)CC1. The lowest BCUT2D eigenvalue weighted by Gasteiger charge is -2.28. The zero-order valence-electron chi connectivity index (χ0n) is 16.2. The number of rotatable bonds is 4. The molecule has 0 radical (unpaired) electrons. The first-order valence-electron chi connectivity index (χ1n) is 10.1. The molecule has 1 aliphatic carbocycles. The molecule has 4 rings (SSSR count). The summed E-state index contributed by atoms with van der Waals surface area (Å²) in [6.45, 7) is 2.30. The van der Waals surface area contributed by atoms with Crippen LogP contribution >= 0.6 is 0 Å². The normalized spacial score (nSPS) is 20.0. The summed E-state index contributed by atoms with van der Waals surface area (Å²) in [7, 11) is 1.64. The number of hydrogen-bond acceptors (Lipinski definition) is 1. The van der Waals surface area contributed by atoms with Gasteiger partial charge in [-0.25, -0.2) is 4.39 Å². The summed E-state index contributed by atoms with van der Waals surface area (Å²) >= 11 is 0. The van der Waals surface area contributed by atoms with E-state index in [1.807, 2.05) is 36.4 Å². The third-order valence-corrected chi connectivity index (χ3v) is 6.27. The molecule has 1 fully saturated rings. The van der Waals surface area contributed by atoms with Crippen LogP contribution < -0.4 is 4.74 Å². The van der Waals surface area contributed by atoms with Crippen LogP contribution in [0, 0.1) is 11.7 Å². The van der Waals surface area contributed by atoms with Crippen LogP contribution in [-0.2, 0) is 0 Å². The second kappa shape index (κ2) is 7.72. The first-order chi connectivity index (χ1) is 13.2. The summed E-state index contributed by atoms with van der Waals surface area (Å²) in [6, 6.07) is 17.8. The van der Waals surface area contributed by atoms with E-state index in [-0.39, 0.29) is 5.82 Å². The van der Waals surface area contributed by atoms with E-state index in [2.05, 4.69) is 25.1 Å². The number of methoxy groups -OCH3 is 1. The van der Waals surface area contributed by atoms with Crippen molar-refractivity contribution in [3.05, 3.63) is 66.0 Å². The fourth-order valence-corrected chi connectivity index (χ4v) is 4.46. The van der Waals surface area contributed by atoms with Gasteiger partial charge in [0.1, 0.15) is 11.6 Å². The highest BCUT2D eigenvalue weighted by molar-refractivity contribution is 5.89. The smallest absolute Gasteiger partial charge is 0.138 e. The minimum Gasteiger partial charge on any atom is -0.497 e. The minimum absolute atomic E-state index is 0.140. The van der Waals surface area contributed by atoms with Gasteiger partial charge < -0.3 is 4.74 Å².